The molecule has 0 radical (unpaired) electrons. The fraction of sp³-hybridized carbons (Fsp3) is 0.429. The highest BCUT2D eigenvalue weighted by Gasteiger charge is 2.09. The normalized spacial score (nSPS) is 9.90. The molecule has 20 heavy (non-hydrogen) atoms. The van der Waals surface area contributed by atoms with Crippen LogP contribution in [0.2, 0.25) is 0 Å². The van der Waals surface area contributed by atoms with Crippen molar-refractivity contribution in [1.29, 1.82) is 0 Å². The van der Waals surface area contributed by atoms with Crippen molar-refractivity contribution in [2.75, 3.05) is 32.7 Å². The number of hydrogen-bond donors (Lipinski definition) is 2. The van der Waals surface area contributed by atoms with E-state index in [1.165, 1.54) is 0 Å². The highest BCUT2D eigenvalue weighted by molar-refractivity contribution is 6.03. The van der Waals surface area contributed by atoms with E-state index >= 15 is 0 Å². The Labute approximate surface area is 118 Å². The van der Waals surface area contributed by atoms with E-state index in [1.807, 2.05) is 0 Å². The van der Waals surface area contributed by atoms with Gasteiger partial charge in [-0.3, -0.25) is 9.59 Å². The standard InChI is InChI=1S/C14H20N2O4/c1-19-9-3-8-15-13(17)10-14(18)16-11-4-6-12(20-2)7-5-11/h4-7H,3,8-10H2,1-2H3,(H,15,17)(H,16,18). The minimum atomic E-state index is -0.348. The summed E-state index contributed by atoms with van der Waals surface area (Å²) in [4.78, 5) is 23.1. The van der Waals surface area contributed by atoms with E-state index in [2.05, 4.69) is 10.6 Å². The second kappa shape index (κ2) is 8.92. The van der Waals surface area contributed by atoms with Gasteiger partial charge in [0.25, 0.3) is 0 Å². The fourth-order valence-corrected chi connectivity index (χ4v) is 1.53. The predicted molar refractivity (Wildman–Crippen MR) is 75.7 cm³/mol. The molecule has 6 heteroatoms. The van der Waals surface area contributed by atoms with Crippen LogP contribution in [0.4, 0.5) is 5.69 Å². The van der Waals surface area contributed by atoms with Crippen LogP contribution in [-0.4, -0.2) is 39.2 Å². The first-order valence-electron chi connectivity index (χ1n) is 6.35. The van der Waals surface area contributed by atoms with E-state index in [0.717, 1.165) is 6.42 Å². The molecule has 0 atom stereocenters. The van der Waals surface area contributed by atoms with Crippen LogP contribution >= 0.6 is 0 Å². The number of nitrogens with one attached hydrogen (secondary N) is 2. The van der Waals surface area contributed by atoms with Gasteiger partial charge in [0, 0.05) is 25.9 Å². The molecule has 0 aliphatic heterocycles. The first kappa shape index (κ1) is 16.0. The van der Waals surface area contributed by atoms with Gasteiger partial charge in [-0.1, -0.05) is 0 Å². The third-order valence-corrected chi connectivity index (χ3v) is 2.54. The molecule has 1 aromatic carbocycles. The molecule has 0 aliphatic carbocycles. The third kappa shape index (κ3) is 6.19. The van der Waals surface area contributed by atoms with E-state index in [9.17, 15) is 9.59 Å². The molecule has 110 valence electrons. The minimum absolute atomic E-state index is 0.195. The van der Waals surface area contributed by atoms with E-state index < -0.39 is 0 Å². The van der Waals surface area contributed by atoms with Crippen molar-refractivity contribution in [3.05, 3.63) is 24.3 Å². The summed E-state index contributed by atoms with van der Waals surface area (Å²) in [6, 6.07) is 6.90. The SMILES string of the molecule is COCCCNC(=O)CC(=O)Nc1ccc(OC)cc1. The molecule has 0 heterocycles. The zero-order valence-corrected chi connectivity index (χ0v) is 11.8. The van der Waals surface area contributed by atoms with Crippen LogP contribution in [0, 0.1) is 0 Å². The average Bonchev–Trinajstić information content (AvgIpc) is 2.44. The van der Waals surface area contributed by atoms with Crippen LogP contribution < -0.4 is 15.4 Å². The zero-order chi connectivity index (χ0) is 14.8. The number of anilines is 1. The number of hydrogen-bond acceptors (Lipinski definition) is 4. The second-order valence-electron chi connectivity index (χ2n) is 4.15. The highest BCUT2D eigenvalue weighted by Crippen LogP contribution is 2.14. The first-order chi connectivity index (χ1) is 9.65. The van der Waals surface area contributed by atoms with Gasteiger partial charge in [-0.15, -0.1) is 0 Å². The summed E-state index contributed by atoms with van der Waals surface area (Å²) in [6.07, 6.45) is 0.529. The summed E-state index contributed by atoms with van der Waals surface area (Å²) in [5.41, 5.74) is 0.628. The Balaban J connectivity index is 2.29. The molecule has 0 aliphatic rings. The molecule has 0 bridgehead atoms. The van der Waals surface area contributed by atoms with Crippen LogP contribution in [0.3, 0.4) is 0 Å². The molecule has 0 saturated heterocycles. The molecule has 0 spiro atoms. The Morgan fingerprint density at radius 3 is 2.40 bits per heavy atom. The van der Waals surface area contributed by atoms with Crippen LogP contribution in [0.5, 0.6) is 5.75 Å². The van der Waals surface area contributed by atoms with Crippen molar-refractivity contribution in [3.63, 3.8) is 0 Å². The Morgan fingerprint density at radius 2 is 1.80 bits per heavy atom. The molecule has 0 unspecified atom stereocenters. The largest absolute Gasteiger partial charge is 0.497 e. The van der Waals surface area contributed by atoms with Gasteiger partial charge in [0.2, 0.25) is 11.8 Å². The monoisotopic (exact) mass is 280 g/mol. The van der Waals surface area contributed by atoms with E-state index in [4.69, 9.17) is 9.47 Å². The van der Waals surface area contributed by atoms with Gasteiger partial charge in [0.1, 0.15) is 12.2 Å². The van der Waals surface area contributed by atoms with Gasteiger partial charge in [0.05, 0.1) is 7.11 Å². The molecule has 0 fully saturated rings. The lowest BCUT2D eigenvalue weighted by Crippen LogP contribution is -2.29. The average molecular weight is 280 g/mol. The number of ether oxygens (including phenoxy) is 2. The summed E-state index contributed by atoms with van der Waals surface area (Å²) in [5.74, 6) is 0.0606. The summed E-state index contributed by atoms with van der Waals surface area (Å²) >= 11 is 0. The quantitative estimate of drug-likeness (QED) is 0.553. The summed E-state index contributed by atoms with van der Waals surface area (Å²) in [6.45, 7) is 1.08. The predicted octanol–water partition coefficient (Wildman–Crippen LogP) is 1.18. The number of benzene rings is 1. The number of carbonyl (C=O) groups excluding carboxylic acids is 2. The van der Waals surface area contributed by atoms with Gasteiger partial charge in [-0.2, -0.15) is 0 Å². The van der Waals surface area contributed by atoms with Crippen molar-refractivity contribution in [2.45, 2.75) is 12.8 Å². The summed E-state index contributed by atoms with van der Waals surface area (Å²) in [5, 5.41) is 5.30. The zero-order valence-electron chi connectivity index (χ0n) is 11.8. The number of methoxy groups -OCH3 is 2. The summed E-state index contributed by atoms with van der Waals surface area (Å²) < 4.78 is 9.88. The summed E-state index contributed by atoms with van der Waals surface area (Å²) in [7, 11) is 3.17. The van der Waals surface area contributed by atoms with Crippen molar-refractivity contribution in [2.24, 2.45) is 0 Å². The molecular weight excluding hydrogens is 260 g/mol. The highest BCUT2D eigenvalue weighted by atomic mass is 16.5. The smallest absolute Gasteiger partial charge is 0.233 e. The molecular formula is C14H20N2O4. The molecule has 1 aromatic rings. The topological polar surface area (TPSA) is 76.7 Å². The Bertz CT molecular complexity index is 431. The molecule has 0 aromatic heterocycles. The molecule has 1 rings (SSSR count). The Morgan fingerprint density at radius 1 is 1.10 bits per heavy atom. The first-order valence-corrected chi connectivity index (χ1v) is 6.35. The van der Waals surface area contributed by atoms with Crippen LogP contribution in [0.1, 0.15) is 12.8 Å². The van der Waals surface area contributed by atoms with Gasteiger partial charge < -0.3 is 20.1 Å². The lowest BCUT2D eigenvalue weighted by atomic mass is 10.3. The number of amides is 2. The Kier molecular flexibility index (Phi) is 7.13. The van der Waals surface area contributed by atoms with Crippen LogP contribution in [0.15, 0.2) is 24.3 Å². The lowest BCUT2D eigenvalue weighted by Gasteiger charge is -2.07. The number of rotatable bonds is 8. The van der Waals surface area contributed by atoms with Crippen LogP contribution in [-0.2, 0) is 14.3 Å². The maximum Gasteiger partial charge on any atom is 0.233 e. The van der Waals surface area contributed by atoms with E-state index in [1.54, 1.807) is 38.5 Å². The maximum atomic E-state index is 11.6. The van der Waals surface area contributed by atoms with Crippen molar-refractivity contribution in [3.8, 4) is 5.75 Å². The van der Waals surface area contributed by atoms with Crippen LogP contribution in [0.25, 0.3) is 0 Å². The van der Waals surface area contributed by atoms with Crippen molar-refractivity contribution < 1.29 is 19.1 Å². The van der Waals surface area contributed by atoms with E-state index in [0.29, 0.717) is 24.6 Å². The minimum Gasteiger partial charge on any atom is -0.497 e. The third-order valence-electron chi connectivity index (χ3n) is 2.54. The van der Waals surface area contributed by atoms with Crippen molar-refractivity contribution in [1.82, 2.24) is 5.32 Å². The van der Waals surface area contributed by atoms with E-state index in [-0.39, 0.29) is 18.2 Å². The maximum absolute atomic E-state index is 11.6. The molecule has 0 saturated carbocycles. The van der Waals surface area contributed by atoms with Gasteiger partial charge in [-0.05, 0) is 30.7 Å². The second-order valence-corrected chi connectivity index (χ2v) is 4.15. The molecule has 6 nitrogen and oxygen atoms in total. The van der Waals surface area contributed by atoms with Gasteiger partial charge in [-0.25, -0.2) is 0 Å². The van der Waals surface area contributed by atoms with Gasteiger partial charge >= 0.3 is 0 Å². The number of carbonyl (C=O) groups is 2. The lowest BCUT2D eigenvalue weighted by molar-refractivity contribution is -0.126. The molecule has 2 N–H and O–H groups in total. The van der Waals surface area contributed by atoms with Crippen molar-refractivity contribution >= 4 is 17.5 Å². The Hall–Kier alpha value is -2.08. The fourth-order valence-electron chi connectivity index (χ4n) is 1.53. The molecule has 2 amide bonds. The van der Waals surface area contributed by atoms with Gasteiger partial charge in [0.15, 0.2) is 0 Å².